The Morgan fingerprint density at radius 3 is 2.88 bits per heavy atom. The number of aromatic hydroxyl groups is 1. The molecule has 0 saturated carbocycles. The fourth-order valence-corrected chi connectivity index (χ4v) is 3.17. The molecule has 2 aromatic rings. The number of hydrazine groups is 1. The van der Waals surface area contributed by atoms with E-state index in [-0.39, 0.29) is 10.1 Å². The summed E-state index contributed by atoms with van der Waals surface area (Å²) in [6, 6.07) is 9.70. The Morgan fingerprint density at radius 1 is 1.33 bits per heavy atom. The number of nitrogens with zero attached hydrogens (tertiary/aromatic N) is 2. The van der Waals surface area contributed by atoms with Crippen molar-refractivity contribution in [2.75, 3.05) is 0 Å². The smallest absolute Gasteiger partial charge is 0.285 e. The molecule has 8 heteroatoms. The van der Waals surface area contributed by atoms with Gasteiger partial charge in [0.15, 0.2) is 4.32 Å². The Bertz CT molecular complexity index is 853. The highest BCUT2D eigenvalue weighted by Crippen LogP contribution is 2.31. The second kappa shape index (κ2) is 6.81. The van der Waals surface area contributed by atoms with Crippen LogP contribution in [0.1, 0.15) is 15.9 Å². The fourth-order valence-electron chi connectivity index (χ4n) is 1.99. The van der Waals surface area contributed by atoms with Gasteiger partial charge in [0.1, 0.15) is 5.75 Å². The zero-order valence-corrected chi connectivity index (χ0v) is 13.8. The van der Waals surface area contributed by atoms with Crippen molar-refractivity contribution >= 4 is 46.2 Å². The van der Waals surface area contributed by atoms with Crippen LogP contribution in [-0.4, -0.2) is 31.2 Å². The van der Waals surface area contributed by atoms with Gasteiger partial charge in [-0.05, 0) is 48.1 Å². The third kappa shape index (κ3) is 3.44. The summed E-state index contributed by atoms with van der Waals surface area (Å²) in [5.41, 5.74) is 3.46. The molecule has 0 unspecified atom stereocenters. The van der Waals surface area contributed by atoms with Gasteiger partial charge in [0.05, 0.1) is 10.5 Å². The molecule has 1 aromatic carbocycles. The van der Waals surface area contributed by atoms with E-state index >= 15 is 0 Å². The lowest BCUT2D eigenvalue weighted by Gasteiger charge is -2.15. The Kier molecular flexibility index (Phi) is 4.59. The number of carbonyl (C=O) groups excluding carboxylic acids is 2. The van der Waals surface area contributed by atoms with Gasteiger partial charge in [-0.3, -0.25) is 20.0 Å². The molecule has 2 heterocycles. The molecule has 2 N–H and O–H groups in total. The summed E-state index contributed by atoms with van der Waals surface area (Å²) in [6.45, 7) is 0. The number of hydrogen-bond donors (Lipinski definition) is 2. The van der Waals surface area contributed by atoms with Crippen molar-refractivity contribution in [1.82, 2.24) is 15.4 Å². The van der Waals surface area contributed by atoms with E-state index in [1.165, 1.54) is 18.3 Å². The van der Waals surface area contributed by atoms with Gasteiger partial charge in [-0.2, -0.15) is 5.01 Å². The molecule has 0 radical (unpaired) electrons. The number of thioether (sulfide) groups is 1. The van der Waals surface area contributed by atoms with Gasteiger partial charge >= 0.3 is 0 Å². The molecule has 2 amide bonds. The molecule has 1 saturated heterocycles. The number of phenols is 1. The minimum Gasteiger partial charge on any atom is -0.508 e. The van der Waals surface area contributed by atoms with Crippen LogP contribution >= 0.6 is 24.0 Å². The number of pyridine rings is 1. The van der Waals surface area contributed by atoms with Crippen LogP contribution in [0.4, 0.5) is 0 Å². The van der Waals surface area contributed by atoms with Crippen LogP contribution in [0.2, 0.25) is 0 Å². The van der Waals surface area contributed by atoms with Gasteiger partial charge in [-0.25, -0.2) is 0 Å². The van der Waals surface area contributed by atoms with Gasteiger partial charge in [0, 0.05) is 12.4 Å². The quantitative estimate of drug-likeness (QED) is 0.648. The number of carbonyl (C=O) groups is 2. The van der Waals surface area contributed by atoms with E-state index in [4.69, 9.17) is 12.2 Å². The highest BCUT2D eigenvalue weighted by atomic mass is 32.2. The van der Waals surface area contributed by atoms with Crippen molar-refractivity contribution in [3.8, 4) is 5.75 Å². The number of nitrogens with one attached hydrogen (secondary N) is 1. The van der Waals surface area contributed by atoms with Crippen LogP contribution < -0.4 is 5.43 Å². The number of amides is 2. The summed E-state index contributed by atoms with van der Waals surface area (Å²) in [5.74, 6) is -0.798. The maximum atomic E-state index is 12.4. The largest absolute Gasteiger partial charge is 0.508 e. The van der Waals surface area contributed by atoms with E-state index < -0.39 is 11.8 Å². The molecule has 1 aromatic heterocycles. The lowest BCUT2D eigenvalue weighted by molar-refractivity contribution is -0.123. The van der Waals surface area contributed by atoms with Crippen LogP contribution in [-0.2, 0) is 4.79 Å². The molecule has 0 aliphatic carbocycles. The summed E-state index contributed by atoms with van der Waals surface area (Å²) >= 11 is 6.23. The first-order valence-corrected chi connectivity index (χ1v) is 8.05. The highest BCUT2D eigenvalue weighted by Gasteiger charge is 2.33. The second-order valence-corrected chi connectivity index (χ2v) is 6.47. The zero-order chi connectivity index (χ0) is 17.1. The molecule has 0 atom stereocenters. The number of benzene rings is 1. The number of aromatic nitrogens is 1. The fraction of sp³-hybridized carbons (Fsp3) is 0. The van der Waals surface area contributed by atoms with Crippen molar-refractivity contribution in [3.05, 3.63) is 64.8 Å². The molecule has 120 valence electrons. The van der Waals surface area contributed by atoms with Crippen LogP contribution in [0.5, 0.6) is 5.75 Å². The molecule has 3 rings (SSSR count). The summed E-state index contributed by atoms with van der Waals surface area (Å²) in [7, 11) is 0. The van der Waals surface area contributed by atoms with Crippen LogP contribution in [0.15, 0.2) is 53.7 Å². The summed E-state index contributed by atoms with van der Waals surface area (Å²) in [5, 5.41) is 10.5. The maximum absolute atomic E-state index is 12.4. The Morgan fingerprint density at radius 2 is 2.17 bits per heavy atom. The standard InChI is InChI=1S/C16H11N3O3S2/c20-12-5-1-3-10(7-12)8-13-15(22)19(16(23)24-13)18-14(21)11-4-2-6-17-9-11/h1-9,20H,(H,18,21)/b13-8-. The Balaban J connectivity index is 1.78. The molecule has 1 aliphatic heterocycles. The highest BCUT2D eigenvalue weighted by molar-refractivity contribution is 8.26. The monoisotopic (exact) mass is 357 g/mol. The minimum absolute atomic E-state index is 0.101. The van der Waals surface area contributed by atoms with Crippen LogP contribution in [0.3, 0.4) is 0 Å². The van der Waals surface area contributed by atoms with Gasteiger partial charge in [0.2, 0.25) is 0 Å². The molecule has 1 aliphatic rings. The van der Waals surface area contributed by atoms with E-state index in [0.717, 1.165) is 16.8 Å². The summed E-state index contributed by atoms with van der Waals surface area (Å²) < 4.78 is 0.226. The third-order valence-corrected chi connectivity index (χ3v) is 4.40. The Hall–Kier alpha value is -2.71. The van der Waals surface area contributed by atoms with Crippen LogP contribution in [0.25, 0.3) is 6.08 Å². The van der Waals surface area contributed by atoms with E-state index in [0.29, 0.717) is 16.0 Å². The van der Waals surface area contributed by atoms with Gasteiger partial charge in [-0.1, -0.05) is 23.9 Å². The second-order valence-electron chi connectivity index (χ2n) is 4.79. The first-order chi connectivity index (χ1) is 11.5. The first-order valence-electron chi connectivity index (χ1n) is 6.82. The number of phenolic OH excluding ortho intramolecular Hbond substituents is 1. The molecule has 24 heavy (non-hydrogen) atoms. The third-order valence-electron chi connectivity index (χ3n) is 3.10. The molecule has 0 spiro atoms. The van der Waals surface area contributed by atoms with E-state index in [1.807, 2.05) is 0 Å². The number of thiocarbonyl (C=S) groups is 1. The van der Waals surface area contributed by atoms with Crippen molar-refractivity contribution in [1.29, 1.82) is 0 Å². The van der Waals surface area contributed by atoms with Crippen molar-refractivity contribution in [2.45, 2.75) is 0 Å². The molecular formula is C16H11N3O3S2. The van der Waals surface area contributed by atoms with Crippen LogP contribution in [0, 0.1) is 0 Å². The van der Waals surface area contributed by atoms with Crippen molar-refractivity contribution in [3.63, 3.8) is 0 Å². The number of hydrogen-bond acceptors (Lipinski definition) is 6. The average Bonchev–Trinajstić information content (AvgIpc) is 2.83. The lowest BCUT2D eigenvalue weighted by atomic mass is 10.2. The van der Waals surface area contributed by atoms with Crippen molar-refractivity contribution in [2.24, 2.45) is 0 Å². The lowest BCUT2D eigenvalue weighted by Crippen LogP contribution is -2.44. The summed E-state index contributed by atoms with van der Waals surface area (Å²) in [6.07, 6.45) is 4.55. The van der Waals surface area contributed by atoms with Gasteiger partial charge in [-0.15, -0.1) is 0 Å². The predicted molar refractivity (Wildman–Crippen MR) is 94.8 cm³/mol. The van der Waals surface area contributed by atoms with E-state index in [9.17, 15) is 14.7 Å². The SMILES string of the molecule is O=C(NN1C(=O)/C(=C/c2cccc(O)c2)SC1=S)c1cccnc1. The van der Waals surface area contributed by atoms with E-state index in [1.54, 1.807) is 36.5 Å². The normalized spacial score (nSPS) is 15.8. The summed E-state index contributed by atoms with van der Waals surface area (Å²) in [4.78, 5) is 28.8. The number of rotatable bonds is 3. The molecule has 1 fully saturated rings. The average molecular weight is 357 g/mol. The van der Waals surface area contributed by atoms with Crippen molar-refractivity contribution < 1.29 is 14.7 Å². The topological polar surface area (TPSA) is 82.5 Å². The Labute approximate surface area is 147 Å². The van der Waals surface area contributed by atoms with E-state index in [2.05, 4.69) is 10.4 Å². The first kappa shape index (κ1) is 16.2. The maximum Gasteiger partial charge on any atom is 0.285 e. The predicted octanol–water partition coefficient (Wildman–Crippen LogP) is 2.33. The molecule has 6 nitrogen and oxygen atoms in total. The minimum atomic E-state index is -0.474. The molecular weight excluding hydrogens is 346 g/mol. The zero-order valence-electron chi connectivity index (χ0n) is 12.2. The van der Waals surface area contributed by atoms with Gasteiger partial charge in [0.25, 0.3) is 11.8 Å². The molecule has 0 bridgehead atoms. The van der Waals surface area contributed by atoms with Gasteiger partial charge < -0.3 is 5.11 Å².